The predicted molar refractivity (Wildman–Crippen MR) is 134 cm³/mol. The number of amides is 2. The Bertz CT molecular complexity index is 1250. The van der Waals surface area contributed by atoms with Gasteiger partial charge in [-0.25, -0.2) is 14.4 Å². The Balaban J connectivity index is 1.98. The summed E-state index contributed by atoms with van der Waals surface area (Å²) in [7, 11) is -4.34. The van der Waals surface area contributed by atoms with Crippen molar-refractivity contribution in [2.24, 2.45) is 0 Å². The third-order valence-electron chi connectivity index (χ3n) is 6.44. The number of carbonyl (C=O) groups excluding carboxylic acids is 3. The third-order valence-corrected chi connectivity index (χ3v) is 10.4. The molecule has 3 aliphatic rings. The fourth-order valence-electron chi connectivity index (χ4n) is 4.67. The largest absolute Gasteiger partial charge is 0.477 e. The second-order valence-electron chi connectivity index (χ2n) is 8.55. The van der Waals surface area contributed by atoms with Gasteiger partial charge in [-0.1, -0.05) is 13.8 Å². The van der Waals surface area contributed by atoms with E-state index in [9.17, 15) is 28.8 Å². The van der Waals surface area contributed by atoms with E-state index in [2.05, 4.69) is 15.8 Å². The molecule has 1 aromatic rings. The molecule has 4 heterocycles. The average Bonchev–Trinajstić information content (AvgIpc) is 3.22. The van der Waals surface area contributed by atoms with E-state index in [4.69, 9.17) is 15.1 Å². The number of aliphatic carboxylic acids is 1. The number of nitrogens with one attached hydrogen (secondary N) is 2. The number of β-lactam (4-membered cyclic amide) rings is 1. The number of nitrogens with zero attached hydrogens (tertiary/aromatic N) is 3. The number of hydrogen-bond donors (Lipinski definition) is 4. The molecule has 0 saturated carbocycles. The first kappa shape index (κ1) is 27.5. The highest BCUT2D eigenvalue weighted by atomic mass is 32.2. The zero-order valence-electron chi connectivity index (χ0n) is 20.5. The number of fused-ring (bicyclic) bond motifs is 1. The van der Waals surface area contributed by atoms with Crippen LogP contribution in [-0.4, -0.2) is 80.0 Å². The van der Waals surface area contributed by atoms with Crippen molar-refractivity contribution in [3.63, 3.8) is 0 Å². The average molecular weight is 575 g/mol. The SMILES string of the molecule is CCN(CC)C1(c2csc(N)n2)NOP(C)(=O)C(OC(C)=O)(C2=C(C(=O)O)N3C(=O)C[C@H]3SC2)NC1=O. The van der Waals surface area contributed by atoms with Gasteiger partial charge >= 0.3 is 11.9 Å². The Labute approximate surface area is 220 Å². The van der Waals surface area contributed by atoms with Crippen LogP contribution in [0.3, 0.4) is 0 Å². The summed E-state index contributed by atoms with van der Waals surface area (Å²) in [5.41, 5.74) is 3.44. The first-order valence-corrected chi connectivity index (χ1v) is 15.3. The molecular formula is C20H27N6O8PS2. The van der Waals surface area contributed by atoms with Crippen molar-refractivity contribution in [2.75, 3.05) is 31.2 Å². The van der Waals surface area contributed by atoms with Crippen LogP contribution in [-0.2, 0) is 38.8 Å². The van der Waals surface area contributed by atoms with Crippen LogP contribution in [0.15, 0.2) is 16.7 Å². The van der Waals surface area contributed by atoms with Gasteiger partial charge in [0.2, 0.25) is 11.6 Å². The van der Waals surface area contributed by atoms with Gasteiger partial charge in [-0.15, -0.1) is 23.1 Å². The number of likely N-dealkylation sites (N-methyl/N-ethyl adjacent to an activating group) is 1. The zero-order valence-corrected chi connectivity index (χ0v) is 23.0. The molecule has 4 rings (SSSR count). The van der Waals surface area contributed by atoms with Crippen LogP contribution in [0.25, 0.3) is 0 Å². The molecule has 0 bridgehead atoms. The molecule has 202 valence electrons. The molecule has 0 aromatic carbocycles. The van der Waals surface area contributed by atoms with Crippen LogP contribution in [0.5, 0.6) is 0 Å². The second-order valence-corrected chi connectivity index (χ2v) is 13.1. The number of anilines is 1. The second kappa shape index (κ2) is 9.67. The van der Waals surface area contributed by atoms with E-state index < -0.39 is 53.3 Å². The molecule has 0 aliphatic carbocycles. The fourth-order valence-corrected chi connectivity index (χ4v) is 8.43. The highest BCUT2D eigenvalue weighted by molar-refractivity contribution is 8.00. The lowest BCUT2D eigenvalue weighted by Gasteiger charge is -2.47. The van der Waals surface area contributed by atoms with Crippen LogP contribution < -0.4 is 16.5 Å². The molecule has 0 spiro atoms. The molecule has 17 heteroatoms. The highest BCUT2D eigenvalue weighted by Crippen LogP contribution is 2.62. The van der Waals surface area contributed by atoms with Crippen molar-refractivity contribution >= 4 is 59.4 Å². The highest BCUT2D eigenvalue weighted by Gasteiger charge is 2.65. The number of hydrogen-bond acceptors (Lipinski definition) is 13. The smallest absolute Gasteiger partial charge is 0.352 e. The fraction of sp³-hybridized carbons (Fsp3) is 0.550. The van der Waals surface area contributed by atoms with Gasteiger partial charge in [0.25, 0.3) is 18.7 Å². The molecule has 3 unspecified atom stereocenters. The number of carbonyl (C=O) groups is 4. The number of hydroxylamine groups is 1. The van der Waals surface area contributed by atoms with Gasteiger partial charge in [-0.2, -0.15) is 5.48 Å². The molecule has 2 fully saturated rings. The summed E-state index contributed by atoms with van der Waals surface area (Å²) in [5, 5.41) is 13.9. The van der Waals surface area contributed by atoms with Crippen molar-refractivity contribution in [3.8, 4) is 0 Å². The van der Waals surface area contributed by atoms with E-state index in [0.717, 1.165) is 29.8 Å². The molecule has 14 nitrogen and oxygen atoms in total. The van der Waals surface area contributed by atoms with E-state index in [1.165, 1.54) is 17.1 Å². The quantitative estimate of drug-likeness (QED) is 0.202. The van der Waals surface area contributed by atoms with Gasteiger partial charge in [-0.05, 0) is 13.1 Å². The van der Waals surface area contributed by atoms with Crippen molar-refractivity contribution in [3.05, 3.63) is 22.3 Å². The summed E-state index contributed by atoms with van der Waals surface area (Å²) < 4.78 is 25.6. The number of nitrogens with two attached hydrogens (primary N) is 1. The van der Waals surface area contributed by atoms with Gasteiger partial charge in [0.15, 0.2) is 5.13 Å². The molecule has 2 amide bonds. The maximum absolute atomic E-state index is 14.3. The Morgan fingerprint density at radius 1 is 1.41 bits per heavy atom. The predicted octanol–water partition coefficient (Wildman–Crippen LogP) is 0.640. The minimum atomic E-state index is -4.34. The minimum absolute atomic E-state index is 0.104. The number of thioether (sulfide) groups is 1. The molecule has 1 aromatic heterocycles. The number of rotatable bonds is 7. The zero-order chi connectivity index (χ0) is 27.3. The van der Waals surface area contributed by atoms with Crippen molar-refractivity contribution in [2.45, 2.75) is 43.7 Å². The first-order chi connectivity index (χ1) is 17.3. The lowest BCUT2D eigenvalue weighted by Crippen LogP contribution is -2.66. The van der Waals surface area contributed by atoms with Gasteiger partial charge in [0.1, 0.15) is 11.4 Å². The lowest BCUT2D eigenvalue weighted by atomic mass is 10.0. The maximum atomic E-state index is 14.3. The number of carboxylic acid groups (broad SMARTS) is 1. The van der Waals surface area contributed by atoms with Gasteiger partial charge < -0.3 is 20.9 Å². The Morgan fingerprint density at radius 2 is 2.08 bits per heavy atom. The van der Waals surface area contributed by atoms with E-state index in [-0.39, 0.29) is 28.6 Å². The minimum Gasteiger partial charge on any atom is -0.477 e. The summed E-state index contributed by atoms with van der Waals surface area (Å²) in [6, 6.07) is 0. The van der Waals surface area contributed by atoms with Crippen LogP contribution in [0.1, 0.15) is 32.9 Å². The lowest BCUT2D eigenvalue weighted by molar-refractivity contribution is -0.155. The molecule has 3 aliphatic heterocycles. The van der Waals surface area contributed by atoms with Crippen molar-refractivity contribution in [1.82, 2.24) is 25.6 Å². The van der Waals surface area contributed by atoms with Crippen LogP contribution in [0.2, 0.25) is 0 Å². The Hall–Kier alpha value is -2.49. The normalized spacial score (nSPS) is 31.9. The standard InChI is InChI=1S/C20H27N6O8PS2/c1-5-25(6-2)19(12-9-37-18(21)22-12)17(31)23-20(33-10(3)27,35(4,32)34-24-19)11-8-36-14-7-13(28)26(14)15(11)16(29)30/h9,14,24H,5-8H2,1-4H3,(H2,21,22)(H,23,31)(H,29,30)/t14-,19?,20?,35?/m1/s1. The number of nitrogen functional groups attached to an aromatic ring is 1. The van der Waals surface area contributed by atoms with Gasteiger partial charge in [-0.3, -0.25) is 28.7 Å². The Kier molecular flexibility index (Phi) is 7.20. The number of thiazole rings is 1. The summed E-state index contributed by atoms with van der Waals surface area (Å²) in [6.45, 7) is 6.30. The number of carboxylic acids is 1. The monoisotopic (exact) mass is 574 g/mol. The first-order valence-electron chi connectivity index (χ1n) is 11.3. The van der Waals surface area contributed by atoms with E-state index in [0.29, 0.717) is 13.1 Å². The number of esters is 1. The molecule has 2 saturated heterocycles. The summed E-state index contributed by atoms with van der Waals surface area (Å²) in [6.07, 6.45) is 0.125. The van der Waals surface area contributed by atoms with E-state index >= 15 is 0 Å². The molecule has 5 N–H and O–H groups in total. The number of aromatic nitrogens is 1. The molecule has 37 heavy (non-hydrogen) atoms. The number of ether oxygens (including phenoxy) is 1. The van der Waals surface area contributed by atoms with E-state index in [1.807, 2.05) is 0 Å². The van der Waals surface area contributed by atoms with Crippen LogP contribution >= 0.6 is 30.5 Å². The van der Waals surface area contributed by atoms with E-state index in [1.54, 1.807) is 18.7 Å². The third kappa shape index (κ3) is 4.15. The summed E-state index contributed by atoms with van der Waals surface area (Å²) in [4.78, 5) is 58.3. The summed E-state index contributed by atoms with van der Waals surface area (Å²) in [5.74, 6) is -3.91. The van der Waals surface area contributed by atoms with Crippen LogP contribution in [0.4, 0.5) is 5.13 Å². The Morgan fingerprint density at radius 3 is 2.59 bits per heavy atom. The maximum Gasteiger partial charge on any atom is 0.352 e. The van der Waals surface area contributed by atoms with Crippen molar-refractivity contribution < 1.29 is 38.2 Å². The van der Waals surface area contributed by atoms with Gasteiger partial charge in [0, 0.05) is 30.3 Å². The topological polar surface area (TPSA) is 193 Å². The molecular weight excluding hydrogens is 547 g/mol. The van der Waals surface area contributed by atoms with Gasteiger partial charge in [0.05, 0.1) is 11.8 Å². The molecule has 4 atom stereocenters. The van der Waals surface area contributed by atoms with Crippen molar-refractivity contribution in [1.29, 1.82) is 0 Å². The summed E-state index contributed by atoms with van der Waals surface area (Å²) >= 11 is 2.27. The van der Waals surface area contributed by atoms with Crippen LogP contribution in [0, 0.1) is 0 Å². The molecule has 0 radical (unpaired) electrons.